The fraction of sp³-hybridized carbons (Fsp3) is 0.538. The number of nitrogens with zero attached hydrogens (tertiary/aromatic N) is 2. The van der Waals surface area contributed by atoms with Crippen molar-refractivity contribution >= 4 is 45.1 Å². The summed E-state index contributed by atoms with van der Waals surface area (Å²) < 4.78 is 0. The first-order chi connectivity index (χ1) is 9.26. The molecule has 3 rings (SSSR count). The average molecular weight is 294 g/mol. The summed E-state index contributed by atoms with van der Waals surface area (Å²) in [5, 5.41) is 4.58. The van der Waals surface area contributed by atoms with Crippen LogP contribution in [0.2, 0.25) is 0 Å². The molecule has 2 aromatic rings. The topological polar surface area (TPSA) is 63.8 Å². The molecule has 0 spiro atoms. The zero-order valence-electron chi connectivity index (χ0n) is 11.0. The van der Waals surface area contributed by atoms with Crippen LogP contribution < -0.4 is 11.1 Å². The average Bonchev–Trinajstić information content (AvgIpc) is 3.04. The molecule has 0 aliphatic carbocycles. The minimum atomic E-state index is 0.361. The number of nitrogens with one attached hydrogen (secondary N) is 1. The van der Waals surface area contributed by atoms with Crippen LogP contribution >= 0.6 is 23.1 Å². The molecule has 0 saturated carbocycles. The van der Waals surface area contributed by atoms with Gasteiger partial charge in [0.15, 0.2) is 0 Å². The minimum absolute atomic E-state index is 0.361. The highest BCUT2D eigenvalue weighted by atomic mass is 32.2. The molecule has 1 atom stereocenters. The molecule has 1 unspecified atom stereocenters. The Bertz CT molecular complexity index is 575. The van der Waals surface area contributed by atoms with Gasteiger partial charge in [0, 0.05) is 11.4 Å². The lowest BCUT2D eigenvalue weighted by molar-refractivity contribution is 0.631. The van der Waals surface area contributed by atoms with E-state index in [1.807, 2.05) is 11.8 Å². The first-order valence-corrected chi connectivity index (χ1v) is 8.61. The molecule has 1 aliphatic heterocycles. The van der Waals surface area contributed by atoms with Gasteiger partial charge >= 0.3 is 0 Å². The van der Waals surface area contributed by atoms with Crippen molar-refractivity contribution in [3.63, 3.8) is 0 Å². The highest BCUT2D eigenvalue weighted by molar-refractivity contribution is 7.99. The van der Waals surface area contributed by atoms with E-state index in [-0.39, 0.29) is 0 Å². The molecule has 6 heteroatoms. The standard InChI is InChI=1S/C13H18N4S2/c1-2-9-5-10-11(15-6-8-3-4-18-7-8)16-13(14)17-12(10)19-9/h5,8H,2-4,6-7H2,1H3,(H3,14,15,16,17). The molecule has 19 heavy (non-hydrogen) atoms. The van der Waals surface area contributed by atoms with Gasteiger partial charge in [-0.05, 0) is 36.3 Å². The van der Waals surface area contributed by atoms with Crippen molar-refractivity contribution in [2.75, 3.05) is 29.1 Å². The van der Waals surface area contributed by atoms with Gasteiger partial charge in [-0.25, -0.2) is 4.98 Å². The lowest BCUT2D eigenvalue weighted by atomic mass is 10.1. The van der Waals surface area contributed by atoms with Gasteiger partial charge in [0.1, 0.15) is 10.6 Å². The highest BCUT2D eigenvalue weighted by Crippen LogP contribution is 2.30. The zero-order valence-corrected chi connectivity index (χ0v) is 12.6. The van der Waals surface area contributed by atoms with E-state index in [1.165, 1.54) is 22.8 Å². The van der Waals surface area contributed by atoms with Crippen LogP contribution in [-0.2, 0) is 6.42 Å². The Balaban J connectivity index is 1.85. The fourth-order valence-electron chi connectivity index (χ4n) is 2.28. The quantitative estimate of drug-likeness (QED) is 0.907. The summed E-state index contributed by atoms with van der Waals surface area (Å²) in [6.07, 6.45) is 2.32. The molecule has 2 aromatic heterocycles. The van der Waals surface area contributed by atoms with Crippen molar-refractivity contribution in [1.29, 1.82) is 0 Å². The van der Waals surface area contributed by atoms with Gasteiger partial charge in [0.2, 0.25) is 5.95 Å². The first-order valence-electron chi connectivity index (χ1n) is 6.64. The number of nitrogen functional groups attached to an aromatic ring is 1. The van der Waals surface area contributed by atoms with Crippen molar-refractivity contribution in [2.24, 2.45) is 5.92 Å². The second-order valence-corrected chi connectivity index (χ2v) is 7.09. The lowest BCUT2D eigenvalue weighted by Gasteiger charge is -2.11. The molecular weight excluding hydrogens is 276 g/mol. The third-order valence-corrected chi connectivity index (χ3v) is 5.80. The first kappa shape index (κ1) is 13.0. The van der Waals surface area contributed by atoms with Crippen molar-refractivity contribution < 1.29 is 0 Å². The molecule has 0 aromatic carbocycles. The SMILES string of the molecule is CCc1cc2c(NCC3CCSC3)nc(N)nc2s1. The number of aryl methyl sites for hydroxylation is 1. The van der Waals surface area contributed by atoms with E-state index in [0.717, 1.165) is 34.9 Å². The third-order valence-electron chi connectivity index (χ3n) is 3.39. The normalized spacial score (nSPS) is 19.1. The molecule has 3 heterocycles. The zero-order chi connectivity index (χ0) is 13.2. The van der Waals surface area contributed by atoms with Crippen molar-refractivity contribution in [2.45, 2.75) is 19.8 Å². The van der Waals surface area contributed by atoms with E-state index in [1.54, 1.807) is 11.3 Å². The van der Waals surface area contributed by atoms with Crippen LogP contribution in [0.4, 0.5) is 11.8 Å². The Kier molecular flexibility index (Phi) is 3.79. The van der Waals surface area contributed by atoms with E-state index in [2.05, 4.69) is 28.3 Å². The second-order valence-electron chi connectivity index (χ2n) is 4.83. The molecule has 0 amide bonds. The maximum Gasteiger partial charge on any atom is 0.223 e. The smallest absolute Gasteiger partial charge is 0.223 e. The van der Waals surface area contributed by atoms with E-state index < -0.39 is 0 Å². The number of thioether (sulfide) groups is 1. The van der Waals surface area contributed by atoms with E-state index in [0.29, 0.717) is 5.95 Å². The summed E-state index contributed by atoms with van der Waals surface area (Å²) in [5.74, 6) is 4.54. The molecule has 1 saturated heterocycles. The van der Waals surface area contributed by atoms with E-state index >= 15 is 0 Å². The van der Waals surface area contributed by atoms with Gasteiger partial charge in [0.05, 0.1) is 5.39 Å². The Morgan fingerprint density at radius 2 is 2.37 bits per heavy atom. The van der Waals surface area contributed by atoms with Crippen molar-refractivity contribution in [3.05, 3.63) is 10.9 Å². The predicted molar refractivity (Wildman–Crippen MR) is 85.1 cm³/mol. The predicted octanol–water partition coefficient (Wildman–Crippen LogP) is 3.00. The number of hydrogen-bond donors (Lipinski definition) is 2. The maximum absolute atomic E-state index is 5.80. The lowest BCUT2D eigenvalue weighted by Crippen LogP contribution is -2.15. The maximum atomic E-state index is 5.80. The van der Waals surface area contributed by atoms with E-state index in [9.17, 15) is 0 Å². The molecule has 3 N–H and O–H groups in total. The Morgan fingerprint density at radius 1 is 1.47 bits per heavy atom. The van der Waals surface area contributed by atoms with Crippen LogP contribution in [0.25, 0.3) is 10.2 Å². The van der Waals surface area contributed by atoms with Crippen LogP contribution in [0.5, 0.6) is 0 Å². The molecule has 1 fully saturated rings. The van der Waals surface area contributed by atoms with Crippen LogP contribution in [-0.4, -0.2) is 28.0 Å². The minimum Gasteiger partial charge on any atom is -0.369 e. The van der Waals surface area contributed by atoms with Gasteiger partial charge in [0.25, 0.3) is 0 Å². The van der Waals surface area contributed by atoms with Crippen LogP contribution in [0.15, 0.2) is 6.07 Å². The summed E-state index contributed by atoms with van der Waals surface area (Å²) in [6.45, 7) is 3.14. The summed E-state index contributed by atoms with van der Waals surface area (Å²) in [7, 11) is 0. The number of fused-ring (bicyclic) bond motifs is 1. The van der Waals surface area contributed by atoms with E-state index in [4.69, 9.17) is 5.73 Å². The highest BCUT2D eigenvalue weighted by Gasteiger charge is 2.16. The largest absolute Gasteiger partial charge is 0.369 e. The second kappa shape index (κ2) is 5.54. The van der Waals surface area contributed by atoms with Crippen molar-refractivity contribution in [1.82, 2.24) is 9.97 Å². The molecule has 0 radical (unpaired) electrons. The van der Waals surface area contributed by atoms with Gasteiger partial charge in [-0.1, -0.05) is 6.92 Å². The number of rotatable bonds is 4. The van der Waals surface area contributed by atoms with Crippen molar-refractivity contribution in [3.8, 4) is 0 Å². The summed E-state index contributed by atoms with van der Waals surface area (Å²) in [6, 6.07) is 2.19. The number of thiophene rings is 1. The monoisotopic (exact) mass is 294 g/mol. The van der Waals surface area contributed by atoms with Gasteiger partial charge in [-0.15, -0.1) is 11.3 Å². The molecule has 1 aliphatic rings. The Hall–Kier alpha value is -1.01. The van der Waals surface area contributed by atoms with Gasteiger partial charge < -0.3 is 11.1 Å². The van der Waals surface area contributed by atoms with Gasteiger partial charge in [-0.3, -0.25) is 0 Å². The van der Waals surface area contributed by atoms with Crippen LogP contribution in [0.1, 0.15) is 18.2 Å². The summed E-state index contributed by atoms with van der Waals surface area (Å²) >= 11 is 3.74. The number of aromatic nitrogens is 2. The van der Waals surface area contributed by atoms with Crippen LogP contribution in [0, 0.1) is 5.92 Å². The molecule has 4 nitrogen and oxygen atoms in total. The summed E-state index contributed by atoms with van der Waals surface area (Å²) in [4.78, 5) is 11.0. The third kappa shape index (κ3) is 2.79. The number of hydrogen-bond acceptors (Lipinski definition) is 6. The number of nitrogens with two attached hydrogens (primary N) is 1. The van der Waals surface area contributed by atoms with Crippen LogP contribution in [0.3, 0.4) is 0 Å². The fourth-order valence-corrected chi connectivity index (χ4v) is 4.54. The Labute approximate surface area is 121 Å². The molecule has 102 valence electrons. The Morgan fingerprint density at radius 3 is 3.11 bits per heavy atom. The van der Waals surface area contributed by atoms with Gasteiger partial charge in [-0.2, -0.15) is 16.7 Å². The summed E-state index contributed by atoms with van der Waals surface area (Å²) in [5.41, 5.74) is 5.80. The molecule has 0 bridgehead atoms. The number of anilines is 2. The molecular formula is C13H18N4S2.